The highest BCUT2D eigenvalue weighted by Gasteiger charge is 2.27. The second-order valence-corrected chi connectivity index (χ2v) is 5.12. The number of hydrazine groups is 1. The van der Waals surface area contributed by atoms with Crippen LogP contribution in [0.1, 0.15) is 11.5 Å². The highest BCUT2D eigenvalue weighted by atomic mass is 16.6. The molecular formula is C17H16N2O5. The minimum absolute atomic E-state index is 0.0697. The van der Waals surface area contributed by atoms with E-state index in [4.69, 9.17) is 13.9 Å². The van der Waals surface area contributed by atoms with Crippen molar-refractivity contribution in [3.8, 4) is 11.5 Å². The Morgan fingerprint density at radius 2 is 1.92 bits per heavy atom. The van der Waals surface area contributed by atoms with E-state index in [9.17, 15) is 9.59 Å². The van der Waals surface area contributed by atoms with Crippen LogP contribution in [0.5, 0.6) is 11.5 Å². The first kappa shape index (κ1) is 15.7. The summed E-state index contributed by atoms with van der Waals surface area (Å²) in [5.74, 6) is 1.38. The lowest BCUT2D eigenvalue weighted by Crippen LogP contribution is -2.50. The molecule has 0 radical (unpaired) electrons. The van der Waals surface area contributed by atoms with Crippen LogP contribution in [0, 0.1) is 6.92 Å². The summed E-state index contributed by atoms with van der Waals surface area (Å²) in [7, 11) is 0. The summed E-state index contributed by atoms with van der Waals surface area (Å²) in [5.41, 5.74) is 4.58. The Hall–Kier alpha value is -3.22. The summed E-state index contributed by atoms with van der Waals surface area (Å²) in [4.78, 5) is 23.7. The van der Waals surface area contributed by atoms with Crippen LogP contribution >= 0.6 is 0 Å². The molecule has 0 spiro atoms. The second-order valence-electron chi connectivity index (χ2n) is 5.12. The zero-order valence-electron chi connectivity index (χ0n) is 12.9. The highest BCUT2D eigenvalue weighted by Crippen LogP contribution is 2.30. The van der Waals surface area contributed by atoms with Crippen LogP contribution < -0.4 is 20.3 Å². The molecule has 1 aromatic carbocycles. The van der Waals surface area contributed by atoms with Crippen molar-refractivity contribution in [1.29, 1.82) is 0 Å². The normalized spacial score (nSPS) is 16.0. The molecule has 1 atom stereocenters. The van der Waals surface area contributed by atoms with Crippen molar-refractivity contribution >= 4 is 17.9 Å². The Bertz CT molecular complexity index is 781. The molecule has 2 aromatic rings. The first-order valence-corrected chi connectivity index (χ1v) is 7.34. The van der Waals surface area contributed by atoms with E-state index in [-0.39, 0.29) is 6.61 Å². The van der Waals surface area contributed by atoms with Gasteiger partial charge >= 0.3 is 0 Å². The Kier molecular flexibility index (Phi) is 4.51. The van der Waals surface area contributed by atoms with Crippen LogP contribution in [0.4, 0.5) is 0 Å². The zero-order chi connectivity index (χ0) is 16.9. The average Bonchev–Trinajstić information content (AvgIpc) is 3.02. The number of fused-ring (bicyclic) bond motifs is 1. The number of nitrogens with one attached hydrogen (secondary N) is 2. The number of hydrogen-bond acceptors (Lipinski definition) is 5. The maximum atomic E-state index is 12.0. The van der Waals surface area contributed by atoms with E-state index in [1.807, 2.05) is 13.0 Å². The highest BCUT2D eigenvalue weighted by molar-refractivity contribution is 5.93. The van der Waals surface area contributed by atoms with Gasteiger partial charge in [0.1, 0.15) is 18.1 Å². The molecule has 7 heteroatoms. The van der Waals surface area contributed by atoms with Gasteiger partial charge < -0.3 is 13.9 Å². The van der Waals surface area contributed by atoms with Gasteiger partial charge in [0.25, 0.3) is 11.8 Å². The summed E-state index contributed by atoms with van der Waals surface area (Å²) in [6.45, 7) is 1.88. The maximum absolute atomic E-state index is 12.0. The van der Waals surface area contributed by atoms with Gasteiger partial charge in [0.05, 0.1) is 0 Å². The molecule has 1 aromatic heterocycles. The zero-order valence-corrected chi connectivity index (χ0v) is 12.9. The Morgan fingerprint density at radius 3 is 2.67 bits per heavy atom. The van der Waals surface area contributed by atoms with Crippen LogP contribution in [0.2, 0.25) is 0 Å². The average molecular weight is 328 g/mol. The number of amides is 2. The quantitative estimate of drug-likeness (QED) is 0.660. The molecule has 0 saturated heterocycles. The molecule has 24 heavy (non-hydrogen) atoms. The Labute approximate surface area is 138 Å². The van der Waals surface area contributed by atoms with Crippen molar-refractivity contribution in [1.82, 2.24) is 10.9 Å². The number of carbonyl (C=O) groups is 2. The van der Waals surface area contributed by atoms with Gasteiger partial charge in [-0.05, 0) is 37.3 Å². The summed E-state index contributed by atoms with van der Waals surface area (Å²) < 4.78 is 16.3. The van der Waals surface area contributed by atoms with Gasteiger partial charge in [-0.15, -0.1) is 0 Å². The van der Waals surface area contributed by atoms with E-state index in [2.05, 4.69) is 10.9 Å². The first-order chi connectivity index (χ1) is 11.6. The third kappa shape index (κ3) is 3.75. The maximum Gasteiger partial charge on any atom is 0.283 e. The van der Waals surface area contributed by atoms with E-state index in [0.29, 0.717) is 17.3 Å². The topological polar surface area (TPSA) is 89.8 Å². The molecule has 1 aliphatic heterocycles. The lowest BCUT2D eigenvalue weighted by molar-refractivity contribution is -0.134. The molecular weight excluding hydrogens is 312 g/mol. The smallest absolute Gasteiger partial charge is 0.283 e. The summed E-state index contributed by atoms with van der Waals surface area (Å²) in [6.07, 6.45) is 1.92. The van der Waals surface area contributed by atoms with Crippen molar-refractivity contribution in [2.45, 2.75) is 13.0 Å². The molecule has 2 N–H and O–H groups in total. The van der Waals surface area contributed by atoms with Gasteiger partial charge in [-0.2, -0.15) is 0 Å². The number of furan rings is 1. The molecule has 2 heterocycles. The molecule has 0 bridgehead atoms. The molecule has 0 aliphatic carbocycles. The molecule has 0 fully saturated rings. The van der Waals surface area contributed by atoms with Gasteiger partial charge in [0.15, 0.2) is 11.5 Å². The van der Waals surface area contributed by atoms with Crippen molar-refractivity contribution < 1.29 is 23.5 Å². The molecule has 124 valence electrons. The number of carbonyl (C=O) groups excluding carboxylic acids is 2. The van der Waals surface area contributed by atoms with Crippen LogP contribution in [-0.4, -0.2) is 24.5 Å². The minimum atomic E-state index is -0.836. The predicted molar refractivity (Wildman–Crippen MR) is 85.1 cm³/mol. The SMILES string of the molecule is Cc1ccc(C=CC(=O)NNC(=O)C2COc3ccccc3O2)o1. The lowest BCUT2D eigenvalue weighted by Gasteiger charge is -2.25. The third-order valence-electron chi connectivity index (χ3n) is 3.27. The van der Waals surface area contributed by atoms with Crippen LogP contribution in [0.3, 0.4) is 0 Å². The Balaban J connectivity index is 1.49. The molecule has 3 rings (SSSR count). The standard InChI is InChI=1S/C17H16N2O5/c1-11-6-7-12(23-11)8-9-16(20)18-19-17(21)15-10-22-13-4-2-3-5-14(13)24-15/h2-9,15H,10H2,1H3,(H,18,20)(H,19,21). The van der Waals surface area contributed by atoms with Crippen molar-refractivity contribution in [2.24, 2.45) is 0 Å². The van der Waals surface area contributed by atoms with Crippen molar-refractivity contribution in [3.63, 3.8) is 0 Å². The van der Waals surface area contributed by atoms with Gasteiger partial charge in [0, 0.05) is 6.08 Å². The van der Waals surface area contributed by atoms with E-state index in [1.165, 1.54) is 12.2 Å². The fraction of sp³-hybridized carbons (Fsp3) is 0.176. The van der Waals surface area contributed by atoms with E-state index in [1.54, 1.807) is 30.3 Å². The van der Waals surface area contributed by atoms with Crippen molar-refractivity contribution in [3.05, 3.63) is 54.0 Å². The fourth-order valence-electron chi connectivity index (χ4n) is 2.09. The van der Waals surface area contributed by atoms with Crippen LogP contribution in [0.25, 0.3) is 6.08 Å². The predicted octanol–water partition coefficient (Wildman–Crippen LogP) is 1.59. The van der Waals surface area contributed by atoms with Crippen LogP contribution in [-0.2, 0) is 9.59 Å². The van der Waals surface area contributed by atoms with Gasteiger partial charge in [0.2, 0.25) is 6.10 Å². The number of hydrogen-bond donors (Lipinski definition) is 2. The fourth-order valence-corrected chi connectivity index (χ4v) is 2.09. The number of aryl methyl sites for hydroxylation is 1. The molecule has 1 aliphatic rings. The van der Waals surface area contributed by atoms with Crippen molar-refractivity contribution in [2.75, 3.05) is 6.61 Å². The number of rotatable bonds is 3. The van der Waals surface area contributed by atoms with Gasteiger partial charge in [-0.1, -0.05) is 12.1 Å². The third-order valence-corrected chi connectivity index (χ3v) is 3.27. The van der Waals surface area contributed by atoms with Crippen LogP contribution in [0.15, 0.2) is 46.9 Å². The van der Waals surface area contributed by atoms with Gasteiger partial charge in [-0.25, -0.2) is 0 Å². The van der Waals surface area contributed by atoms with Gasteiger partial charge in [-0.3, -0.25) is 20.4 Å². The summed E-state index contributed by atoms with van der Waals surface area (Å²) in [5, 5.41) is 0. The minimum Gasteiger partial charge on any atom is -0.485 e. The largest absolute Gasteiger partial charge is 0.485 e. The molecule has 1 unspecified atom stereocenters. The second kappa shape index (κ2) is 6.91. The number of ether oxygens (including phenoxy) is 2. The molecule has 7 nitrogen and oxygen atoms in total. The van der Waals surface area contributed by atoms with E-state index < -0.39 is 17.9 Å². The number of benzene rings is 1. The monoisotopic (exact) mass is 328 g/mol. The Morgan fingerprint density at radius 1 is 1.12 bits per heavy atom. The summed E-state index contributed by atoms with van der Waals surface area (Å²) >= 11 is 0. The summed E-state index contributed by atoms with van der Waals surface area (Å²) in [6, 6.07) is 10.6. The number of para-hydroxylation sites is 2. The van der Waals surface area contributed by atoms with E-state index >= 15 is 0 Å². The molecule has 0 saturated carbocycles. The first-order valence-electron chi connectivity index (χ1n) is 7.34. The molecule has 2 amide bonds. The van der Waals surface area contributed by atoms with E-state index in [0.717, 1.165) is 5.76 Å². The lowest BCUT2D eigenvalue weighted by atomic mass is 10.2.